The third-order valence-corrected chi connectivity index (χ3v) is 2.54. The Morgan fingerprint density at radius 1 is 1.28 bits per heavy atom. The Kier molecular flexibility index (Phi) is 3.62. The molecule has 0 aliphatic rings. The van der Waals surface area contributed by atoms with E-state index in [9.17, 15) is 0 Å². The minimum Gasteiger partial charge on any atom is -0.493 e. The van der Waals surface area contributed by atoms with E-state index in [1.165, 1.54) is 0 Å². The molecule has 1 aromatic carbocycles. The number of nitrogens with two attached hydrogens (primary N) is 2. The molecule has 0 amide bonds. The molecule has 0 saturated heterocycles. The number of aromatic nitrogens is 2. The van der Waals surface area contributed by atoms with Gasteiger partial charge in [0.2, 0.25) is 5.95 Å². The molecule has 1 heterocycles. The molecule has 4 N–H and O–H groups in total. The predicted molar refractivity (Wildman–Crippen MR) is 73.3 cm³/mol. The molecule has 0 aliphatic heterocycles. The van der Waals surface area contributed by atoms with Crippen molar-refractivity contribution in [3.63, 3.8) is 0 Å². The molecular weight excluding hydrogens is 228 g/mol. The van der Waals surface area contributed by atoms with Crippen LogP contribution in [0.2, 0.25) is 0 Å². The highest BCUT2D eigenvalue weighted by atomic mass is 16.5. The first-order valence-electron chi connectivity index (χ1n) is 5.78. The maximum Gasteiger partial charge on any atom is 0.222 e. The fraction of sp³-hybridized carbons (Fsp3) is 0.231. The summed E-state index contributed by atoms with van der Waals surface area (Å²) in [6.07, 6.45) is 3.70. The third kappa shape index (κ3) is 2.51. The topological polar surface area (TPSA) is 87.0 Å². The maximum atomic E-state index is 5.86. The molecule has 0 saturated carbocycles. The van der Waals surface area contributed by atoms with Gasteiger partial charge < -0.3 is 16.2 Å². The van der Waals surface area contributed by atoms with Gasteiger partial charge in [-0.15, -0.1) is 6.58 Å². The Hall–Kier alpha value is -2.30. The van der Waals surface area contributed by atoms with Crippen molar-refractivity contribution in [2.75, 3.05) is 18.1 Å². The molecule has 0 bridgehead atoms. The average molecular weight is 244 g/mol. The molecule has 94 valence electrons. The molecule has 0 spiro atoms. The number of ether oxygens (including phenoxy) is 1. The molecule has 0 unspecified atom stereocenters. The number of hydrogen-bond acceptors (Lipinski definition) is 5. The van der Waals surface area contributed by atoms with Gasteiger partial charge in [0, 0.05) is 0 Å². The van der Waals surface area contributed by atoms with Crippen molar-refractivity contribution in [2.24, 2.45) is 0 Å². The van der Waals surface area contributed by atoms with E-state index in [4.69, 9.17) is 16.2 Å². The average Bonchev–Trinajstić information content (AvgIpc) is 2.34. The van der Waals surface area contributed by atoms with Crippen LogP contribution < -0.4 is 16.2 Å². The number of benzene rings is 1. The highest BCUT2D eigenvalue weighted by molar-refractivity contribution is 5.94. The Labute approximate surface area is 105 Å². The van der Waals surface area contributed by atoms with Crippen molar-refractivity contribution in [1.29, 1.82) is 0 Å². The quantitative estimate of drug-likeness (QED) is 0.621. The molecule has 18 heavy (non-hydrogen) atoms. The van der Waals surface area contributed by atoms with Crippen molar-refractivity contribution < 1.29 is 4.74 Å². The largest absolute Gasteiger partial charge is 0.493 e. The lowest BCUT2D eigenvalue weighted by atomic mass is 10.2. The van der Waals surface area contributed by atoms with Crippen LogP contribution >= 0.6 is 0 Å². The highest BCUT2D eigenvalue weighted by Crippen LogP contribution is 2.29. The molecule has 5 nitrogen and oxygen atoms in total. The van der Waals surface area contributed by atoms with E-state index in [2.05, 4.69) is 16.5 Å². The summed E-state index contributed by atoms with van der Waals surface area (Å²) in [7, 11) is 0. The van der Waals surface area contributed by atoms with Gasteiger partial charge in [-0.05, 0) is 25.0 Å². The van der Waals surface area contributed by atoms with Gasteiger partial charge in [0.15, 0.2) is 0 Å². The number of unbranched alkanes of at least 4 members (excludes halogenated alkanes) is 1. The van der Waals surface area contributed by atoms with Crippen LogP contribution in [-0.4, -0.2) is 16.6 Å². The molecule has 2 aromatic rings. The Bertz CT molecular complexity index is 568. The van der Waals surface area contributed by atoms with Gasteiger partial charge in [-0.3, -0.25) is 0 Å². The van der Waals surface area contributed by atoms with Crippen LogP contribution in [-0.2, 0) is 0 Å². The predicted octanol–water partition coefficient (Wildman–Crippen LogP) is 2.14. The second kappa shape index (κ2) is 5.35. The van der Waals surface area contributed by atoms with E-state index in [1.54, 1.807) is 0 Å². The SMILES string of the molecule is C=CCCCOc1cccc2nc(N)nc(N)c12. The van der Waals surface area contributed by atoms with E-state index in [1.807, 2.05) is 24.3 Å². The van der Waals surface area contributed by atoms with Crippen LogP contribution in [0, 0.1) is 0 Å². The second-order valence-corrected chi connectivity index (χ2v) is 3.90. The smallest absolute Gasteiger partial charge is 0.222 e. The zero-order valence-electron chi connectivity index (χ0n) is 10.1. The first-order valence-corrected chi connectivity index (χ1v) is 5.78. The van der Waals surface area contributed by atoms with Gasteiger partial charge in [0.1, 0.15) is 11.6 Å². The normalized spacial score (nSPS) is 10.4. The highest BCUT2D eigenvalue weighted by Gasteiger charge is 2.09. The van der Waals surface area contributed by atoms with Crippen molar-refractivity contribution in [3.05, 3.63) is 30.9 Å². The summed E-state index contributed by atoms with van der Waals surface area (Å²) < 4.78 is 5.69. The Balaban J connectivity index is 2.30. The molecule has 1 aromatic heterocycles. The fourth-order valence-corrected chi connectivity index (χ4v) is 1.73. The van der Waals surface area contributed by atoms with E-state index >= 15 is 0 Å². The summed E-state index contributed by atoms with van der Waals surface area (Å²) in [5, 5.41) is 0.713. The van der Waals surface area contributed by atoms with E-state index in [0.717, 1.165) is 12.8 Å². The minimum atomic E-state index is 0.170. The number of nitrogens with zero attached hydrogens (tertiary/aromatic N) is 2. The van der Waals surface area contributed by atoms with Crippen LogP contribution in [0.3, 0.4) is 0 Å². The second-order valence-electron chi connectivity index (χ2n) is 3.90. The van der Waals surface area contributed by atoms with E-state index < -0.39 is 0 Å². The van der Waals surface area contributed by atoms with E-state index in [-0.39, 0.29) is 5.95 Å². The lowest BCUT2D eigenvalue weighted by molar-refractivity contribution is 0.316. The summed E-state index contributed by atoms with van der Waals surface area (Å²) in [4.78, 5) is 8.09. The first kappa shape index (κ1) is 12.2. The van der Waals surface area contributed by atoms with E-state index in [0.29, 0.717) is 29.1 Å². The zero-order valence-corrected chi connectivity index (χ0v) is 10.1. The number of anilines is 2. The molecule has 0 fully saturated rings. The molecular formula is C13H16N4O. The molecule has 2 rings (SSSR count). The Morgan fingerprint density at radius 2 is 2.11 bits per heavy atom. The van der Waals surface area contributed by atoms with Crippen LogP contribution in [0.25, 0.3) is 10.9 Å². The summed E-state index contributed by atoms with van der Waals surface area (Å²) in [5.41, 5.74) is 12.1. The van der Waals surface area contributed by atoms with Crippen LogP contribution in [0.4, 0.5) is 11.8 Å². The monoisotopic (exact) mass is 244 g/mol. The maximum absolute atomic E-state index is 5.86. The van der Waals surface area contributed by atoms with Crippen molar-refractivity contribution >= 4 is 22.7 Å². The minimum absolute atomic E-state index is 0.170. The first-order chi connectivity index (χ1) is 8.72. The van der Waals surface area contributed by atoms with Crippen molar-refractivity contribution in [1.82, 2.24) is 9.97 Å². The number of fused-ring (bicyclic) bond motifs is 1. The summed E-state index contributed by atoms with van der Waals surface area (Å²) in [6.45, 7) is 4.28. The molecule has 5 heteroatoms. The van der Waals surface area contributed by atoms with Gasteiger partial charge in [-0.2, -0.15) is 4.98 Å². The van der Waals surface area contributed by atoms with Gasteiger partial charge >= 0.3 is 0 Å². The Morgan fingerprint density at radius 3 is 2.89 bits per heavy atom. The zero-order chi connectivity index (χ0) is 13.0. The molecule has 0 aliphatic carbocycles. The van der Waals surface area contributed by atoms with Gasteiger partial charge in [-0.1, -0.05) is 12.1 Å². The summed E-state index contributed by atoms with van der Waals surface area (Å²) in [6, 6.07) is 5.55. The van der Waals surface area contributed by atoms with Crippen molar-refractivity contribution in [2.45, 2.75) is 12.8 Å². The van der Waals surface area contributed by atoms with Gasteiger partial charge in [-0.25, -0.2) is 4.98 Å². The molecule has 0 radical (unpaired) electrons. The lowest BCUT2D eigenvalue weighted by Crippen LogP contribution is -2.03. The fourth-order valence-electron chi connectivity index (χ4n) is 1.73. The van der Waals surface area contributed by atoms with Crippen LogP contribution in [0.5, 0.6) is 5.75 Å². The van der Waals surface area contributed by atoms with Gasteiger partial charge in [0.25, 0.3) is 0 Å². The number of hydrogen-bond donors (Lipinski definition) is 2. The van der Waals surface area contributed by atoms with Gasteiger partial charge in [0.05, 0.1) is 17.5 Å². The standard InChI is InChI=1S/C13H16N4O/c1-2-3-4-8-18-10-7-5-6-9-11(10)12(14)17-13(15)16-9/h2,5-7H,1,3-4,8H2,(H4,14,15,16,17). The van der Waals surface area contributed by atoms with Crippen molar-refractivity contribution in [3.8, 4) is 5.75 Å². The lowest BCUT2D eigenvalue weighted by Gasteiger charge is -2.10. The number of nitrogen functional groups attached to an aromatic ring is 2. The third-order valence-electron chi connectivity index (χ3n) is 2.54. The number of rotatable bonds is 5. The van der Waals surface area contributed by atoms with Crippen LogP contribution in [0.15, 0.2) is 30.9 Å². The van der Waals surface area contributed by atoms with Crippen LogP contribution in [0.1, 0.15) is 12.8 Å². The summed E-state index contributed by atoms with van der Waals surface area (Å²) >= 11 is 0. The summed E-state index contributed by atoms with van der Waals surface area (Å²) in [5.74, 6) is 1.20. The number of allylic oxidation sites excluding steroid dienone is 1. The molecule has 0 atom stereocenters.